The van der Waals surface area contributed by atoms with Crippen molar-refractivity contribution in [3.63, 3.8) is 0 Å². The first kappa shape index (κ1) is 18.3. The molecule has 0 bridgehead atoms. The molecule has 2 saturated carbocycles. The molecule has 5 rings (SSSR count). The van der Waals surface area contributed by atoms with E-state index < -0.39 is 12.1 Å². The van der Waals surface area contributed by atoms with Crippen LogP contribution < -0.4 is 10.5 Å². The molecule has 29 heavy (non-hydrogen) atoms. The number of anilines is 1. The summed E-state index contributed by atoms with van der Waals surface area (Å²) in [7, 11) is 0. The number of likely N-dealkylation sites (tertiary alicyclic amines) is 1. The first-order chi connectivity index (χ1) is 13.7. The summed E-state index contributed by atoms with van der Waals surface area (Å²) in [5, 5.41) is 0. The summed E-state index contributed by atoms with van der Waals surface area (Å²) in [5.41, 5.74) is 6.51. The normalized spacial score (nSPS) is 25.8. The lowest BCUT2D eigenvalue weighted by molar-refractivity contribution is -0.274. The van der Waals surface area contributed by atoms with E-state index in [0.29, 0.717) is 29.0 Å². The van der Waals surface area contributed by atoms with Crippen LogP contribution in [-0.4, -0.2) is 44.8 Å². The molecule has 0 spiro atoms. The highest BCUT2D eigenvalue weighted by Gasteiger charge is 2.58. The number of carbonyl (C=O) groups is 1. The Morgan fingerprint density at radius 3 is 2.55 bits per heavy atom. The van der Waals surface area contributed by atoms with Crippen LogP contribution in [0.1, 0.15) is 37.5 Å². The predicted octanol–water partition coefficient (Wildman–Crippen LogP) is 2.95. The van der Waals surface area contributed by atoms with E-state index in [-0.39, 0.29) is 17.8 Å². The van der Waals surface area contributed by atoms with Gasteiger partial charge >= 0.3 is 6.36 Å². The van der Waals surface area contributed by atoms with Crippen molar-refractivity contribution in [1.29, 1.82) is 0 Å². The van der Waals surface area contributed by atoms with E-state index in [0.717, 1.165) is 31.8 Å². The van der Waals surface area contributed by atoms with Crippen LogP contribution in [0, 0.1) is 11.8 Å². The Bertz CT molecular complexity index is 973. The molecule has 3 heterocycles. The van der Waals surface area contributed by atoms with Crippen molar-refractivity contribution in [2.45, 2.75) is 38.1 Å². The van der Waals surface area contributed by atoms with Gasteiger partial charge in [-0.25, -0.2) is 9.97 Å². The lowest BCUT2D eigenvalue weighted by Gasteiger charge is -2.19. The second-order valence-corrected chi connectivity index (χ2v) is 8.06. The number of hydrogen-bond acceptors (Lipinski definition) is 5. The van der Waals surface area contributed by atoms with Gasteiger partial charge in [-0.2, -0.15) is 0 Å². The van der Waals surface area contributed by atoms with Crippen molar-refractivity contribution in [3.8, 4) is 17.0 Å². The Morgan fingerprint density at radius 2 is 1.97 bits per heavy atom. The zero-order chi connectivity index (χ0) is 20.5. The highest BCUT2D eigenvalue weighted by Crippen LogP contribution is 2.57. The summed E-state index contributed by atoms with van der Waals surface area (Å²) >= 11 is 0. The van der Waals surface area contributed by atoms with E-state index >= 15 is 0 Å². The molecule has 2 N–H and O–H groups in total. The lowest BCUT2D eigenvalue weighted by Crippen LogP contribution is -2.29. The first-order valence-electron chi connectivity index (χ1n) is 9.57. The standard InChI is InChI=1S/C19H20F3N5O2/c1-9(28)26-6-12-13(7-26)16(12)27-8-14(25-18(27)10-2-3-10)11-4-15(17(23)24-5-11)29-19(20,21)22/h4-5,8,10,12-13,16H,2-3,6-7H2,1H3,(H2,23,24)/t12-,13+,16+. The van der Waals surface area contributed by atoms with Crippen molar-refractivity contribution in [3.05, 3.63) is 24.3 Å². The van der Waals surface area contributed by atoms with Gasteiger partial charge in [-0.3, -0.25) is 4.79 Å². The van der Waals surface area contributed by atoms with Crippen LogP contribution in [0.2, 0.25) is 0 Å². The third-order valence-corrected chi connectivity index (χ3v) is 6.02. The lowest BCUT2D eigenvalue weighted by atomic mass is 10.2. The molecular formula is C19H20F3N5O2. The van der Waals surface area contributed by atoms with Crippen molar-refractivity contribution in [1.82, 2.24) is 19.4 Å². The van der Waals surface area contributed by atoms with Gasteiger partial charge in [0.2, 0.25) is 5.91 Å². The number of hydrogen-bond donors (Lipinski definition) is 1. The minimum Gasteiger partial charge on any atom is -0.402 e. The number of alkyl halides is 3. The summed E-state index contributed by atoms with van der Waals surface area (Å²) in [6, 6.07) is 1.51. The maximum Gasteiger partial charge on any atom is 0.573 e. The van der Waals surface area contributed by atoms with Gasteiger partial charge in [0.15, 0.2) is 11.6 Å². The van der Waals surface area contributed by atoms with Crippen LogP contribution >= 0.6 is 0 Å². The van der Waals surface area contributed by atoms with Crippen molar-refractivity contribution < 1.29 is 22.7 Å². The fourth-order valence-corrected chi connectivity index (χ4v) is 4.40. The average Bonchev–Trinajstić information content (AvgIpc) is 3.50. The Balaban J connectivity index is 1.44. The van der Waals surface area contributed by atoms with E-state index in [1.165, 1.54) is 12.3 Å². The van der Waals surface area contributed by atoms with Crippen LogP contribution in [0.15, 0.2) is 18.5 Å². The number of ether oxygens (including phenoxy) is 1. The second kappa shape index (κ2) is 6.11. The molecule has 1 saturated heterocycles. The molecular weight excluding hydrogens is 387 g/mol. The summed E-state index contributed by atoms with van der Waals surface area (Å²) in [6.45, 7) is 3.07. The van der Waals surface area contributed by atoms with E-state index in [4.69, 9.17) is 10.7 Å². The van der Waals surface area contributed by atoms with Crippen molar-refractivity contribution >= 4 is 11.7 Å². The third kappa shape index (κ3) is 3.30. The number of amides is 1. The van der Waals surface area contributed by atoms with Gasteiger partial charge in [0, 0.05) is 61.8 Å². The number of nitrogens with two attached hydrogens (primary N) is 1. The maximum atomic E-state index is 12.6. The molecule has 1 amide bonds. The Hall–Kier alpha value is -2.78. The molecule has 3 aliphatic rings. The Morgan fingerprint density at radius 1 is 1.28 bits per heavy atom. The smallest absolute Gasteiger partial charge is 0.402 e. The molecule has 2 aromatic rings. The molecule has 1 aliphatic heterocycles. The summed E-state index contributed by atoms with van der Waals surface area (Å²) in [6.07, 6.45) is 0.564. The highest BCUT2D eigenvalue weighted by atomic mass is 19.4. The number of halogens is 3. The van der Waals surface area contributed by atoms with Gasteiger partial charge in [-0.05, 0) is 18.9 Å². The fourth-order valence-electron chi connectivity index (χ4n) is 4.40. The molecule has 154 valence electrons. The van der Waals surface area contributed by atoms with Gasteiger partial charge in [-0.15, -0.1) is 13.2 Å². The monoisotopic (exact) mass is 407 g/mol. The van der Waals surface area contributed by atoms with Crippen molar-refractivity contribution in [2.75, 3.05) is 18.8 Å². The van der Waals surface area contributed by atoms with E-state index in [9.17, 15) is 18.0 Å². The quantitative estimate of drug-likeness (QED) is 0.842. The highest BCUT2D eigenvalue weighted by molar-refractivity contribution is 5.74. The largest absolute Gasteiger partial charge is 0.573 e. The number of nitrogens with zero attached hydrogens (tertiary/aromatic N) is 4. The number of rotatable bonds is 4. The molecule has 10 heteroatoms. The Kier molecular flexibility index (Phi) is 3.85. The SMILES string of the molecule is CC(=O)N1C[C@@H]2[C@H](C1)[C@H]2n1cc(-c2cnc(N)c(OC(F)(F)F)c2)nc1C1CC1. The Labute approximate surface area is 164 Å². The van der Waals surface area contributed by atoms with Crippen LogP contribution in [0.5, 0.6) is 5.75 Å². The molecule has 0 radical (unpaired) electrons. The second-order valence-electron chi connectivity index (χ2n) is 8.06. The van der Waals surface area contributed by atoms with Gasteiger partial charge in [0.05, 0.1) is 5.69 Å². The molecule has 2 aliphatic carbocycles. The minimum atomic E-state index is -4.85. The number of nitrogen functional groups attached to an aromatic ring is 1. The maximum absolute atomic E-state index is 12.6. The van der Waals surface area contributed by atoms with Gasteiger partial charge in [0.25, 0.3) is 0 Å². The van der Waals surface area contributed by atoms with E-state index in [1.54, 1.807) is 6.92 Å². The molecule has 7 nitrogen and oxygen atoms in total. The van der Waals surface area contributed by atoms with Gasteiger partial charge in [-0.1, -0.05) is 0 Å². The van der Waals surface area contributed by atoms with Crippen LogP contribution in [-0.2, 0) is 4.79 Å². The third-order valence-electron chi connectivity index (χ3n) is 6.02. The van der Waals surface area contributed by atoms with Crippen LogP contribution in [0.4, 0.5) is 19.0 Å². The van der Waals surface area contributed by atoms with Crippen LogP contribution in [0.3, 0.4) is 0 Å². The number of piperidine rings is 1. The van der Waals surface area contributed by atoms with Gasteiger partial charge in [0.1, 0.15) is 5.82 Å². The van der Waals surface area contributed by atoms with E-state index in [2.05, 4.69) is 14.3 Å². The zero-order valence-electron chi connectivity index (χ0n) is 15.7. The molecule has 3 fully saturated rings. The van der Waals surface area contributed by atoms with Crippen molar-refractivity contribution in [2.24, 2.45) is 11.8 Å². The number of carbonyl (C=O) groups excluding carboxylic acids is 1. The predicted molar refractivity (Wildman–Crippen MR) is 96.8 cm³/mol. The molecule has 2 aromatic heterocycles. The van der Waals surface area contributed by atoms with Crippen LogP contribution in [0.25, 0.3) is 11.3 Å². The zero-order valence-corrected chi connectivity index (χ0v) is 15.7. The number of imidazole rings is 1. The minimum absolute atomic E-state index is 0.0924. The first-order valence-corrected chi connectivity index (χ1v) is 9.57. The molecule has 0 unspecified atom stereocenters. The fraction of sp³-hybridized carbons (Fsp3) is 0.526. The van der Waals surface area contributed by atoms with E-state index in [1.807, 2.05) is 11.1 Å². The molecule has 3 atom stereocenters. The number of pyridine rings is 1. The summed E-state index contributed by atoms with van der Waals surface area (Å²) < 4.78 is 44.0. The number of aromatic nitrogens is 3. The topological polar surface area (TPSA) is 86.3 Å². The van der Waals surface area contributed by atoms with Gasteiger partial charge < -0.3 is 19.9 Å². The summed E-state index contributed by atoms with van der Waals surface area (Å²) in [4.78, 5) is 22.0. The molecule has 0 aromatic carbocycles. The average molecular weight is 407 g/mol. The number of fused-ring (bicyclic) bond motifs is 1. The summed E-state index contributed by atoms with van der Waals surface area (Å²) in [5.74, 6) is 1.39.